The first kappa shape index (κ1) is 21.4. The van der Waals surface area contributed by atoms with E-state index < -0.39 is 10.7 Å². The summed E-state index contributed by atoms with van der Waals surface area (Å²) in [6, 6.07) is 11.5. The minimum absolute atomic E-state index is 0.0798. The van der Waals surface area contributed by atoms with Crippen molar-refractivity contribution in [3.63, 3.8) is 0 Å². The van der Waals surface area contributed by atoms with Gasteiger partial charge in [-0.15, -0.1) is 0 Å². The highest BCUT2D eigenvalue weighted by Crippen LogP contribution is 2.28. The summed E-state index contributed by atoms with van der Waals surface area (Å²) in [5.74, 6) is -0.601. The summed E-state index contributed by atoms with van der Waals surface area (Å²) in [5.41, 5.74) is 1.66. The van der Waals surface area contributed by atoms with Crippen molar-refractivity contribution < 1.29 is 18.5 Å². The van der Waals surface area contributed by atoms with Crippen molar-refractivity contribution in [2.45, 2.75) is 6.92 Å². The topological polar surface area (TPSA) is 79.6 Å². The summed E-state index contributed by atoms with van der Waals surface area (Å²) in [6.45, 7) is 3.55. The number of piperazine rings is 1. The standard InChI is InChI=1S/C23H20F2N4O3/c1-15-12-17(24)3-6-19(15)20-5-2-16(13-21(20)25)23(30)28-10-8-27(9-11-28)22-7-4-18(14-26-22)29(31)32/h2-7,12-14H,8-11H2,1H3. The molecular weight excluding hydrogens is 418 g/mol. The zero-order valence-electron chi connectivity index (χ0n) is 17.3. The molecule has 0 N–H and O–H groups in total. The van der Waals surface area contributed by atoms with E-state index in [4.69, 9.17) is 0 Å². The van der Waals surface area contributed by atoms with Crippen LogP contribution in [-0.2, 0) is 0 Å². The first-order valence-electron chi connectivity index (χ1n) is 10.0. The van der Waals surface area contributed by atoms with Crippen molar-refractivity contribution >= 4 is 17.4 Å². The van der Waals surface area contributed by atoms with Crippen LogP contribution in [0.1, 0.15) is 15.9 Å². The Labute approximate surface area is 183 Å². The molecule has 0 atom stereocenters. The van der Waals surface area contributed by atoms with Crippen molar-refractivity contribution in [1.29, 1.82) is 0 Å². The average molecular weight is 438 g/mol. The van der Waals surface area contributed by atoms with Crippen LogP contribution in [0.25, 0.3) is 11.1 Å². The maximum Gasteiger partial charge on any atom is 0.287 e. The molecule has 1 aromatic heterocycles. The number of amides is 1. The third kappa shape index (κ3) is 4.27. The lowest BCUT2D eigenvalue weighted by atomic mass is 9.98. The van der Waals surface area contributed by atoms with E-state index in [2.05, 4.69) is 4.98 Å². The van der Waals surface area contributed by atoms with Crippen LogP contribution in [0.2, 0.25) is 0 Å². The number of nitro groups is 1. The molecule has 2 heterocycles. The summed E-state index contributed by atoms with van der Waals surface area (Å²) >= 11 is 0. The van der Waals surface area contributed by atoms with Crippen LogP contribution in [0.4, 0.5) is 20.3 Å². The van der Waals surface area contributed by atoms with Crippen molar-refractivity contribution in [2.24, 2.45) is 0 Å². The Morgan fingerprint density at radius 2 is 1.72 bits per heavy atom. The van der Waals surface area contributed by atoms with Gasteiger partial charge in [-0.3, -0.25) is 14.9 Å². The fourth-order valence-corrected chi connectivity index (χ4v) is 3.79. The Kier molecular flexibility index (Phi) is 5.81. The maximum absolute atomic E-state index is 14.8. The number of pyridine rings is 1. The van der Waals surface area contributed by atoms with Crippen LogP contribution in [0.3, 0.4) is 0 Å². The fourth-order valence-electron chi connectivity index (χ4n) is 3.79. The Hall–Kier alpha value is -3.88. The van der Waals surface area contributed by atoms with Crippen LogP contribution < -0.4 is 4.90 Å². The molecule has 0 radical (unpaired) electrons. The summed E-state index contributed by atoms with van der Waals surface area (Å²) in [7, 11) is 0. The third-order valence-corrected chi connectivity index (χ3v) is 5.53. The number of hydrogen-bond donors (Lipinski definition) is 0. The van der Waals surface area contributed by atoms with Crippen molar-refractivity contribution in [3.05, 3.63) is 87.6 Å². The van der Waals surface area contributed by atoms with Crippen LogP contribution >= 0.6 is 0 Å². The molecule has 9 heteroatoms. The van der Waals surface area contributed by atoms with Gasteiger partial charge in [0.05, 0.1) is 4.92 Å². The fraction of sp³-hybridized carbons (Fsp3) is 0.217. The van der Waals surface area contributed by atoms with E-state index in [0.717, 1.165) is 0 Å². The molecule has 32 heavy (non-hydrogen) atoms. The van der Waals surface area contributed by atoms with Gasteiger partial charge in [0.15, 0.2) is 0 Å². The Morgan fingerprint density at radius 3 is 2.31 bits per heavy atom. The minimum atomic E-state index is -0.542. The molecular formula is C23H20F2N4O3. The van der Waals surface area contributed by atoms with Gasteiger partial charge < -0.3 is 9.80 Å². The second kappa shape index (κ2) is 8.70. The predicted octanol–water partition coefficient (Wildman–Crippen LogP) is 4.21. The maximum atomic E-state index is 14.8. The number of aromatic nitrogens is 1. The van der Waals surface area contributed by atoms with Crippen molar-refractivity contribution in [2.75, 3.05) is 31.1 Å². The van der Waals surface area contributed by atoms with E-state index in [1.807, 2.05) is 4.90 Å². The number of carbonyl (C=O) groups is 1. The second-order valence-corrected chi connectivity index (χ2v) is 7.56. The van der Waals surface area contributed by atoms with Crippen molar-refractivity contribution in [1.82, 2.24) is 9.88 Å². The lowest BCUT2D eigenvalue weighted by Gasteiger charge is -2.35. The average Bonchev–Trinajstić information content (AvgIpc) is 2.79. The Bertz CT molecular complexity index is 1180. The highest BCUT2D eigenvalue weighted by Gasteiger charge is 2.24. The van der Waals surface area contributed by atoms with Gasteiger partial charge in [-0.05, 0) is 48.4 Å². The van der Waals surface area contributed by atoms with Gasteiger partial charge in [0.25, 0.3) is 11.6 Å². The van der Waals surface area contributed by atoms with Gasteiger partial charge >= 0.3 is 0 Å². The Morgan fingerprint density at radius 1 is 1.00 bits per heavy atom. The molecule has 1 saturated heterocycles. The van der Waals surface area contributed by atoms with Gasteiger partial charge in [-0.1, -0.05) is 12.1 Å². The zero-order chi connectivity index (χ0) is 22.8. The van der Waals surface area contributed by atoms with Gasteiger partial charge in [0.1, 0.15) is 23.6 Å². The molecule has 0 bridgehead atoms. The van der Waals surface area contributed by atoms with Crippen LogP contribution in [-0.4, -0.2) is 46.9 Å². The van der Waals surface area contributed by atoms with E-state index in [1.165, 1.54) is 36.5 Å². The SMILES string of the molecule is Cc1cc(F)ccc1-c1ccc(C(=O)N2CCN(c3ccc([N+](=O)[O-])cn3)CC2)cc1F. The van der Waals surface area contributed by atoms with E-state index in [-0.39, 0.29) is 23.0 Å². The molecule has 1 fully saturated rings. The molecule has 0 aliphatic carbocycles. The lowest BCUT2D eigenvalue weighted by molar-refractivity contribution is -0.385. The largest absolute Gasteiger partial charge is 0.353 e. The van der Waals surface area contributed by atoms with Gasteiger partial charge in [0, 0.05) is 43.4 Å². The first-order chi connectivity index (χ1) is 15.3. The van der Waals surface area contributed by atoms with E-state index in [9.17, 15) is 23.7 Å². The molecule has 4 rings (SSSR count). The highest BCUT2D eigenvalue weighted by atomic mass is 19.1. The van der Waals surface area contributed by atoms with Crippen LogP contribution in [0, 0.1) is 28.7 Å². The molecule has 164 valence electrons. The predicted molar refractivity (Wildman–Crippen MR) is 116 cm³/mol. The summed E-state index contributed by atoms with van der Waals surface area (Å²) in [5, 5.41) is 10.8. The molecule has 1 aliphatic rings. The number of hydrogen-bond acceptors (Lipinski definition) is 5. The summed E-state index contributed by atoms with van der Waals surface area (Å²) < 4.78 is 28.1. The van der Waals surface area contributed by atoms with Crippen LogP contribution in [0.5, 0.6) is 0 Å². The summed E-state index contributed by atoms with van der Waals surface area (Å²) in [6.07, 6.45) is 1.21. The van der Waals surface area contributed by atoms with E-state index >= 15 is 0 Å². The number of anilines is 1. The quantitative estimate of drug-likeness (QED) is 0.451. The second-order valence-electron chi connectivity index (χ2n) is 7.56. The highest BCUT2D eigenvalue weighted by molar-refractivity contribution is 5.95. The zero-order valence-corrected chi connectivity index (χ0v) is 17.3. The minimum Gasteiger partial charge on any atom is -0.353 e. The summed E-state index contributed by atoms with van der Waals surface area (Å²) in [4.78, 5) is 30.8. The number of benzene rings is 2. The third-order valence-electron chi connectivity index (χ3n) is 5.53. The lowest BCUT2D eigenvalue weighted by Crippen LogP contribution is -2.49. The van der Waals surface area contributed by atoms with E-state index in [1.54, 1.807) is 30.0 Å². The smallest absolute Gasteiger partial charge is 0.287 e. The molecule has 7 nitrogen and oxygen atoms in total. The number of carbonyl (C=O) groups excluding carboxylic acids is 1. The molecule has 0 unspecified atom stereocenters. The molecule has 3 aromatic rings. The first-order valence-corrected chi connectivity index (χ1v) is 10.0. The van der Waals surface area contributed by atoms with E-state index in [0.29, 0.717) is 48.7 Å². The monoisotopic (exact) mass is 438 g/mol. The van der Waals surface area contributed by atoms with Crippen molar-refractivity contribution in [3.8, 4) is 11.1 Å². The van der Waals surface area contributed by atoms with Gasteiger partial charge in [-0.25, -0.2) is 13.8 Å². The molecule has 0 saturated carbocycles. The number of rotatable bonds is 4. The van der Waals surface area contributed by atoms with Gasteiger partial charge in [-0.2, -0.15) is 0 Å². The molecule has 2 aromatic carbocycles. The molecule has 1 aliphatic heterocycles. The number of halogens is 2. The van der Waals surface area contributed by atoms with Crippen LogP contribution in [0.15, 0.2) is 54.7 Å². The normalized spacial score (nSPS) is 13.8. The number of nitrogens with zero attached hydrogens (tertiary/aromatic N) is 4. The van der Waals surface area contributed by atoms with Gasteiger partial charge in [0.2, 0.25) is 0 Å². The number of aryl methyl sites for hydroxylation is 1. The molecule has 1 amide bonds. The Balaban J connectivity index is 1.44. The molecule has 0 spiro atoms.